The van der Waals surface area contributed by atoms with E-state index < -0.39 is 15.7 Å². The SMILES string of the molecule is N[C@H]1CCCC[C@H]1NCCCCCc1cc(F)c(S(=O)(=O)Cc2nccs2)cc1Cl. The Morgan fingerprint density at radius 3 is 2.77 bits per heavy atom. The van der Waals surface area contributed by atoms with Gasteiger partial charge in [0.2, 0.25) is 0 Å². The normalized spacial score (nSPS) is 19.8. The maximum atomic E-state index is 14.6. The number of aromatic nitrogens is 1. The van der Waals surface area contributed by atoms with Crippen molar-refractivity contribution in [3.05, 3.63) is 45.1 Å². The lowest BCUT2D eigenvalue weighted by Gasteiger charge is -2.29. The first kappa shape index (κ1) is 23.6. The third-order valence-electron chi connectivity index (χ3n) is 5.58. The summed E-state index contributed by atoms with van der Waals surface area (Å²) >= 11 is 7.50. The summed E-state index contributed by atoms with van der Waals surface area (Å²) in [4.78, 5) is 3.61. The predicted octanol–water partition coefficient (Wildman–Crippen LogP) is 4.48. The Morgan fingerprint density at radius 1 is 1.23 bits per heavy atom. The summed E-state index contributed by atoms with van der Waals surface area (Å²) < 4.78 is 39.6. The average molecular weight is 474 g/mol. The van der Waals surface area contributed by atoms with Crippen LogP contribution < -0.4 is 11.1 Å². The Morgan fingerprint density at radius 2 is 2.03 bits per heavy atom. The van der Waals surface area contributed by atoms with E-state index in [4.69, 9.17) is 17.3 Å². The third kappa shape index (κ3) is 6.47. The van der Waals surface area contributed by atoms with Crippen LogP contribution >= 0.6 is 22.9 Å². The number of nitrogens with two attached hydrogens (primary N) is 1. The van der Waals surface area contributed by atoms with Gasteiger partial charge in [0, 0.05) is 28.7 Å². The zero-order valence-corrected chi connectivity index (χ0v) is 19.3. The van der Waals surface area contributed by atoms with Crippen molar-refractivity contribution in [2.24, 2.45) is 5.73 Å². The highest BCUT2D eigenvalue weighted by molar-refractivity contribution is 7.90. The van der Waals surface area contributed by atoms with E-state index in [0.717, 1.165) is 38.6 Å². The molecule has 1 aromatic carbocycles. The average Bonchev–Trinajstić information content (AvgIpc) is 3.20. The summed E-state index contributed by atoms with van der Waals surface area (Å²) in [5, 5.41) is 5.96. The molecule has 1 aliphatic rings. The van der Waals surface area contributed by atoms with E-state index in [1.807, 2.05) is 0 Å². The molecule has 1 fully saturated rings. The highest BCUT2D eigenvalue weighted by Crippen LogP contribution is 2.28. The fraction of sp³-hybridized carbons (Fsp3) is 0.571. The summed E-state index contributed by atoms with van der Waals surface area (Å²) in [6.07, 6.45) is 9.72. The molecule has 1 aliphatic carbocycles. The van der Waals surface area contributed by atoms with Crippen molar-refractivity contribution in [1.29, 1.82) is 0 Å². The molecule has 0 saturated heterocycles. The molecule has 1 heterocycles. The molecule has 0 unspecified atom stereocenters. The number of nitrogens with zero attached hydrogens (tertiary/aromatic N) is 1. The number of halogens is 2. The van der Waals surface area contributed by atoms with Crippen LogP contribution in [-0.2, 0) is 22.0 Å². The predicted molar refractivity (Wildman–Crippen MR) is 120 cm³/mol. The number of benzene rings is 1. The fourth-order valence-electron chi connectivity index (χ4n) is 3.88. The molecular weight excluding hydrogens is 445 g/mol. The first-order valence-corrected chi connectivity index (χ1v) is 13.4. The van der Waals surface area contributed by atoms with Gasteiger partial charge in [-0.25, -0.2) is 17.8 Å². The number of unbranched alkanes of at least 4 members (excludes halogenated alkanes) is 2. The molecule has 9 heteroatoms. The lowest BCUT2D eigenvalue weighted by molar-refractivity contribution is 0.326. The molecule has 0 amide bonds. The van der Waals surface area contributed by atoms with Crippen LogP contribution in [-0.4, -0.2) is 32.0 Å². The van der Waals surface area contributed by atoms with Crippen LogP contribution in [0.4, 0.5) is 4.39 Å². The van der Waals surface area contributed by atoms with Crippen molar-refractivity contribution >= 4 is 32.8 Å². The molecule has 30 heavy (non-hydrogen) atoms. The molecule has 0 spiro atoms. The smallest absolute Gasteiger partial charge is 0.187 e. The van der Waals surface area contributed by atoms with Gasteiger partial charge in [0.25, 0.3) is 0 Å². The van der Waals surface area contributed by atoms with Gasteiger partial charge in [-0.1, -0.05) is 30.9 Å². The maximum Gasteiger partial charge on any atom is 0.187 e. The summed E-state index contributed by atoms with van der Waals surface area (Å²) in [6, 6.07) is 3.17. The van der Waals surface area contributed by atoms with Gasteiger partial charge in [0.05, 0.1) is 0 Å². The number of aryl methyl sites for hydroxylation is 1. The maximum absolute atomic E-state index is 14.6. The number of hydrogen-bond donors (Lipinski definition) is 2. The summed E-state index contributed by atoms with van der Waals surface area (Å²) in [6.45, 7) is 0.925. The Balaban J connectivity index is 1.48. The molecule has 2 atom stereocenters. The van der Waals surface area contributed by atoms with E-state index in [0.29, 0.717) is 28.1 Å². The minimum absolute atomic E-state index is 0.255. The largest absolute Gasteiger partial charge is 0.326 e. The van der Waals surface area contributed by atoms with E-state index >= 15 is 0 Å². The monoisotopic (exact) mass is 473 g/mol. The van der Waals surface area contributed by atoms with Crippen molar-refractivity contribution in [2.75, 3.05) is 6.54 Å². The quantitative estimate of drug-likeness (QED) is 0.497. The highest BCUT2D eigenvalue weighted by Gasteiger charge is 2.23. The van der Waals surface area contributed by atoms with E-state index in [1.54, 1.807) is 5.38 Å². The summed E-state index contributed by atoms with van der Waals surface area (Å²) in [5.74, 6) is -1.08. The zero-order chi connectivity index (χ0) is 21.6. The van der Waals surface area contributed by atoms with Gasteiger partial charge >= 0.3 is 0 Å². The second-order valence-electron chi connectivity index (χ2n) is 7.88. The second-order valence-corrected chi connectivity index (χ2v) is 11.2. The van der Waals surface area contributed by atoms with Crippen molar-refractivity contribution < 1.29 is 12.8 Å². The van der Waals surface area contributed by atoms with Gasteiger partial charge < -0.3 is 11.1 Å². The van der Waals surface area contributed by atoms with Crippen molar-refractivity contribution in [2.45, 2.75) is 74.1 Å². The van der Waals surface area contributed by atoms with Crippen LogP contribution in [0.2, 0.25) is 5.02 Å². The lowest BCUT2D eigenvalue weighted by atomic mass is 9.91. The first-order valence-electron chi connectivity index (χ1n) is 10.4. The van der Waals surface area contributed by atoms with Crippen LogP contribution in [0.1, 0.15) is 55.5 Å². The van der Waals surface area contributed by atoms with E-state index in [2.05, 4.69) is 10.3 Å². The number of hydrogen-bond acceptors (Lipinski definition) is 6. The van der Waals surface area contributed by atoms with Crippen molar-refractivity contribution in [3.63, 3.8) is 0 Å². The van der Waals surface area contributed by atoms with E-state index in [1.165, 1.54) is 42.5 Å². The Hall–Kier alpha value is -1.06. The van der Waals surface area contributed by atoms with Gasteiger partial charge in [-0.2, -0.15) is 0 Å². The number of thiazole rings is 1. The summed E-state index contributed by atoms with van der Waals surface area (Å²) in [5.41, 5.74) is 6.79. The first-order chi connectivity index (χ1) is 14.4. The molecule has 1 saturated carbocycles. The number of sulfone groups is 1. The van der Waals surface area contributed by atoms with Gasteiger partial charge in [-0.3, -0.25) is 0 Å². The van der Waals surface area contributed by atoms with Gasteiger partial charge in [0.15, 0.2) is 9.84 Å². The van der Waals surface area contributed by atoms with Gasteiger partial charge in [-0.15, -0.1) is 11.3 Å². The minimum atomic E-state index is -3.83. The van der Waals surface area contributed by atoms with Crippen LogP contribution in [0.5, 0.6) is 0 Å². The molecule has 166 valence electrons. The van der Waals surface area contributed by atoms with Crippen LogP contribution in [0.25, 0.3) is 0 Å². The molecular formula is C21H29ClFN3O2S2. The van der Waals surface area contributed by atoms with Crippen molar-refractivity contribution in [1.82, 2.24) is 10.3 Å². The van der Waals surface area contributed by atoms with Crippen LogP contribution in [0.3, 0.4) is 0 Å². The van der Waals surface area contributed by atoms with Gasteiger partial charge in [0.1, 0.15) is 21.5 Å². The third-order valence-corrected chi connectivity index (χ3v) is 8.53. The summed E-state index contributed by atoms with van der Waals surface area (Å²) in [7, 11) is -3.83. The fourth-order valence-corrected chi connectivity index (χ4v) is 6.55. The molecule has 3 N–H and O–H groups in total. The Kier molecular flexibility index (Phi) is 8.65. The second kappa shape index (κ2) is 11.0. The highest BCUT2D eigenvalue weighted by atomic mass is 35.5. The molecule has 0 bridgehead atoms. The molecule has 5 nitrogen and oxygen atoms in total. The molecule has 3 rings (SSSR count). The van der Waals surface area contributed by atoms with Crippen LogP contribution in [0, 0.1) is 5.82 Å². The zero-order valence-electron chi connectivity index (χ0n) is 16.9. The molecule has 2 aromatic rings. The minimum Gasteiger partial charge on any atom is -0.326 e. The standard InChI is InChI=1S/C21H29ClFN3O2S2/c22-16-13-20(30(27,28)14-21-26-10-11-29-21)17(23)12-15(16)6-2-1-5-9-25-19-8-4-3-7-18(19)24/h10-13,18-19,25H,1-9,14,24H2/t18-,19+/m0/s1. The van der Waals surface area contributed by atoms with Gasteiger partial charge in [-0.05, 0) is 56.3 Å². The van der Waals surface area contributed by atoms with Crippen molar-refractivity contribution in [3.8, 4) is 0 Å². The Bertz CT molecular complexity index is 923. The van der Waals surface area contributed by atoms with E-state index in [-0.39, 0.29) is 16.7 Å². The topological polar surface area (TPSA) is 85.1 Å². The van der Waals surface area contributed by atoms with Crippen LogP contribution in [0.15, 0.2) is 28.6 Å². The Labute approximate surface area is 187 Å². The number of rotatable bonds is 10. The van der Waals surface area contributed by atoms with E-state index in [9.17, 15) is 12.8 Å². The number of nitrogens with one attached hydrogen (secondary N) is 1. The molecule has 0 radical (unpaired) electrons. The molecule has 1 aromatic heterocycles. The lowest BCUT2D eigenvalue weighted by Crippen LogP contribution is -2.47. The molecule has 0 aliphatic heterocycles.